The summed E-state index contributed by atoms with van der Waals surface area (Å²) in [6.45, 7) is 0.435. The Morgan fingerprint density at radius 2 is 1.92 bits per heavy atom. The van der Waals surface area contributed by atoms with Crippen molar-refractivity contribution in [3.05, 3.63) is 18.2 Å². The Morgan fingerprint density at radius 1 is 1.19 bits per heavy atom. The maximum atomic E-state index is 13.1. The number of hydrogen-bond acceptors (Lipinski definition) is 8. The van der Waals surface area contributed by atoms with Crippen LogP contribution >= 0.6 is 0 Å². The molecular formula is C21H33N9O7. The minimum Gasteiger partial charge on any atom is -0.481 e. The summed E-state index contributed by atoms with van der Waals surface area (Å²) in [4.78, 5) is 73.2. The van der Waals surface area contributed by atoms with Crippen molar-refractivity contribution in [2.75, 3.05) is 13.1 Å². The zero-order valence-corrected chi connectivity index (χ0v) is 20.1. The minimum atomic E-state index is -1.70. The highest BCUT2D eigenvalue weighted by Gasteiger charge is 2.38. The smallest absolute Gasteiger partial charge is 0.326 e. The third kappa shape index (κ3) is 9.06. The number of aromatic amines is 1. The predicted octanol–water partition coefficient (Wildman–Crippen LogP) is -3.15. The summed E-state index contributed by atoms with van der Waals surface area (Å²) in [6.07, 6.45) is 3.50. The first kappa shape index (κ1) is 29.0. The van der Waals surface area contributed by atoms with Crippen LogP contribution < -0.4 is 27.8 Å². The molecule has 3 amide bonds. The first-order valence-corrected chi connectivity index (χ1v) is 11.6. The Morgan fingerprint density at radius 3 is 2.51 bits per heavy atom. The molecule has 204 valence electrons. The minimum absolute atomic E-state index is 0.0216. The number of nitrogens with two attached hydrogens (primary N) is 3. The maximum absolute atomic E-state index is 13.1. The van der Waals surface area contributed by atoms with Crippen LogP contribution in [0.3, 0.4) is 0 Å². The number of aliphatic imine (C=N–C) groups is 1. The largest absolute Gasteiger partial charge is 0.481 e. The molecule has 0 radical (unpaired) electrons. The highest BCUT2D eigenvalue weighted by atomic mass is 16.4. The third-order valence-corrected chi connectivity index (χ3v) is 5.72. The van der Waals surface area contributed by atoms with Gasteiger partial charge in [-0.25, -0.2) is 9.78 Å². The van der Waals surface area contributed by atoms with E-state index in [-0.39, 0.29) is 31.8 Å². The second-order valence-electron chi connectivity index (χ2n) is 8.58. The van der Waals surface area contributed by atoms with Crippen molar-refractivity contribution in [1.82, 2.24) is 25.5 Å². The van der Waals surface area contributed by atoms with Gasteiger partial charge in [0.05, 0.1) is 18.8 Å². The van der Waals surface area contributed by atoms with E-state index in [2.05, 4.69) is 25.6 Å². The number of carboxylic acid groups (broad SMARTS) is 2. The number of aromatic nitrogens is 2. The average Bonchev–Trinajstić information content (AvgIpc) is 3.51. The van der Waals surface area contributed by atoms with Gasteiger partial charge in [0.1, 0.15) is 18.1 Å². The standard InChI is InChI=1S/C21H33N9O7/c22-12(7-11-9-25-10-27-11)19(35)30-6-2-4-15(30)18(34)28-13(3-1-5-26-21(23)24)17(33)29-14(20(36)37)8-16(31)32/h9-10,12-15H,1-8,22H2,(H,25,27)(H,28,34)(H,29,33)(H,31,32)(H,36,37)(H4,23,24,26). The van der Waals surface area contributed by atoms with Gasteiger partial charge in [-0.3, -0.25) is 24.2 Å². The number of guanidine groups is 1. The number of aliphatic carboxylic acids is 2. The molecule has 16 heteroatoms. The highest BCUT2D eigenvalue weighted by molar-refractivity contribution is 5.95. The lowest BCUT2D eigenvalue weighted by Gasteiger charge is -2.28. The molecule has 1 aliphatic heterocycles. The molecule has 4 unspecified atom stereocenters. The van der Waals surface area contributed by atoms with Crippen molar-refractivity contribution < 1.29 is 34.2 Å². The summed E-state index contributed by atoms with van der Waals surface area (Å²) < 4.78 is 0. The fraction of sp³-hybridized carbons (Fsp3) is 0.571. The maximum Gasteiger partial charge on any atom is 0.326 e. The SMILES string of the molecule is NC(N)=NCCCC(NC(=O)C1CCCN1C(=O)C(N)Cc1cnc[nH]1)C(=O)NC(CC(=O)O)C(=O)O. The zero-order chi connectivity index (χ0) is 27.5. The van der Waals surface area contributed by atoms with Crippen molar-refractivity contribution in [2.24, 2.45) is 22.2 Å². The van der Waals surface area contributed by atoms with Crippen molar-refractivity contribution in [1.29, 1.82) is 0 Å². The van der Waals surface area contributed by atoms with Gasteiger partial charge >= 0.3 is 11.9 Å². The molecule has 1 fully saturated rings. The third-order valence-electron chi connectivity index (χ3n) is 5.72. The van der Waals surface area contributed by atoms with Crippen molar-refractivity contribution in [2.45, 2.75) is 62.7 Å². The Kier molecular flexibility index (Phi) is 10.8. The lowest BCUT2D eigenvalue weighted by Crippen LogP contribution is -2.57. The van der Waals surface area contributed by atoms with Gasteiger partial charge in [0.25, 0.3) is 0 Å². The van der Waals surface area contributed by atoms with Gasteiger partial charge in [-0.2, -0.15) is 0 Å². The average molecular weight is 524 g/mol. The van der Waals surface area contributed by atoms with Gasteiger partial charge in [-0.15, -0.1) is 0 Å². The molecule has 11 N–H and O–H groups in total. The van der Waals surface area contributed by atoms with Crippen molar-refractivity contribution in [3.8, 4) is 0 Å². The second-order valence-corrected chi connectivity index (χ2v) is 8.58. The molecule has 0 aromatic carbocycles. The van der Waals surface area contributed by atoms with Gasteiger partial charge in [0, 0.05) is 31.4 Å². The molecule has 37 heavy (non-hydrogen) atoms. The van der Waals surface area contributed by atoms with E-state index in [4.69, 9.17) is 22.3 Å². The second kappa shape index (κ2) is 13.8. The lowest BCUT2D eigenvalue weighted by atomic mass is 10.1. The summed E-state index contributed by atoms with van der Waals surface area (Å²) in [5.74, 6) is -5.07. The molecule has 1 aliphatic rings. The predicted molar refractivity (Wildman–Crippen MR) is 129 cm³/mol. The summed E-state index contributed by atoms with van der Waals surface area (Å²) in [7, 11) is 0. The number of nitrogens with zero attached hydrogens (tertiary/aromatic N) is 3. The first-order chi connectivity index (χ1) is 17.5. The molecule has 1 aromatic rings. The van der Waals surface area contributed by atoms with E-state index in [9.17, 15) is 29.1 Å². The number of nitrogens with one attached hydrogen (secondary N) is 3. The van der Waals surface area contributed by atoms with Crippen LogP contribution in [-0.4, -0.2) is 98.0 Å². The van der Waals surface area contributed by atoms with Crippen molar-refractivity contribution >= 4 is 35.6 Å². The van der Waals surface area contributed by atoms with Crippen LogP contribution in [0.25, 0.3) is 0 Å². The van der Waals surface area contributed by atoms with E-state index < -0.39 is 60.2 Å². The van der Waals surface area contributed by atoms with E-state index >= 15 is 0 Å². The molecule has 1 saturated heterocycles. The van der Waals surface area contributed by atoms with Crippen LogP contribution in [0.5, 0.6) is 0 Å². The number of likely N-dealkylation sites (tertiary alicyclic amines) is 1. The molecule has 1 aromatic heterocycles. The number of amides is 3. The monoisotopic (exact) mass is 523 g/mol. The van der Waals surface area contributed by atoms with Gasteiger partial charge in [-0.05, 0) is 25.7 Å². The van der Waals surface area contributed by atoms with Gasteiger partial charge < -0.3 is 47.9 Å². The fourth-order valence-electron chi connectivity index (χ4n) is 3.92. The molecule has 2 rings (SSSR count). The molecule has 16 nitrogen and oxygen atoms in total. The summed E-state index contributed by atoms with van der Waals surface area (Å²) >= 11 is 0. The van der Waals surface area contributed by atoms with E-state index in [0.29, 0.717) is 25.1 Å². The van der Waals surface area contributed by atoms with Gasteiger partial charge in [0.15, 0.2) is 5.96 Å². The molecule has 4 atom stereocenters. The van der Waals surface area contributed by atoms with E-state index in [1.807, 2.05) is 0 Å². The lowest BCUT2D eigenvalue weighted by molar-refractivity contribution is -0.147. The molecule has 0 aliphatic carbocycles. The number of H-pyrrole nitrogens is 1. The normalized spacial score (nSPS) is 17.3. The quantitative estimate of drug-likeness (QED) is 0.0685. The number of carbonyl (C=O) groups excluding carboxylic acids is 3. The van der Waals surface area contributed by atoms with Crippen molar-refractivity contribution in [3.63, 3.8) is 0 Å². The summed E-state index contributed by atoms with van der Waals surface area (Å²) in [6, 6.07) is -4.73. The fourth-order valence-corrected chi connectivity index (χ4v) is 3.92. The molecular weight excluding hydrogens is 490 g/mol. The summed E-state index contributed by atoms with van der Waals surface area (Å²) in [5, 5.41) is 22.9. The Hall–Kier alpha value is -4.21. The zero-order valence-electron chi connectivity index (χ0n) is 20.1. The van der Waals surface area contributed by atoms with E-state index in [1.165, 1.54) is 11.2 Å². The van der Waals surface area contributed by atoms with Gasteiger partial charge in [0.2, 0.25) is 17.7 Å². The first-order valence-electron chi connectivity index (χ1n) is 11.6. The van der Waals surface area contributed by atoms with E-state index in [0.717, 1.165) is 0 Å². The van der Waals surface area contributed by atoms with Crippen LogP contribution in [0, 0.1) is 0 Å². The highest BCUT2D eigenvalue weighted by Crippen LogP contribution is 2.19. The van der Waals surface area contributed by atoms with Crippen LogP contribution in [0.2, 0.25) is 0 Å². The Balaban J connectivity index is 2.10. The van der Waals surface area contributed by atoms with Crippen LogP contribution in [0.15, 0.2) is 17.5 Å². The summed E-state index contributed by atoms with van der Waals surface area (Å²) in [5.41, 5.74) is 17.3. The number of imidazole rings is 1. The number of carbonyl (C=O) groups is 5. The number of carboxylic acids is 2. The Bertz CT molecular complexity index is 995. The topological polar surface area (TPSA) is 272 Å². The van der Waals surface area contributed by atoms with Crippen LogP contribution in [-0.2, 0) is 30.4 Å². The molecule has 0 spiro atoms. The number of rotatable bonds is 14. The van der Waals surface area contributed by atoms with Crippen LogP contribution in [0.1, 0.15) is 37.8 Å². The van der Waals surface area contributed by atoms with E-state index in [1.54, 1.807) is 6.20 Å². The molecule has 0 bridgehead atoms. The number of hydrogen-bond donors (Lipinski definition) is 8. The molecule has 2 heterocycles. The molecule has 0 saturated carbocycles. The Labute approximate surface area is 212 Å². The van der Waals surface area contributed by atoms with Gasteiger partial charge in [-0.1, -0.05) is 0 Å². The van der Waals surface area contributed by atoms with Crippen LogP contribution in [0.4, 0.5) is 0 Å².